The van der Waals surface area contributed by atoms with Crippen molar-refractivity contribution in [2.24, 2.45) is 0 Å². The number of esters is 3. The van der Waals surface area contributed by atoms with Crippen molar-refractivity contribution in [1.29, 1.82) is 0 Å². The Balaban J connectivity index is 1.60. The van der Waals surface area contributed by atoms with Gasteiger partial charge in [-0.1, -0.05) is 25.3 Å². The lowest BCUT2D eigenvalue weighted by Gasteiger charge is -2.08. The van der Waals surface area contributed by atoms with E-state index in [0.717, 1.165) is 43.1 Å². The van der Waals surface area contributed by atoms with E-state index in [4.69, 9.17) is 28.8 Å². The van der Waals surface area contributed by atoms with Gasteiger partial charge >= 0.3 is 17.9 Å². The zero-order valence-electron chi connectivity index (χ0n) is 23.3. The molecule has 9 nitrogen and oxygen atoms in total. The SMILES string of the molecule is C=CC(=O)OCCCCCCOc1ccc(/C=C/C(=O)Oc2ccc(OCCCCOC(=O)C(=C)CO)cc2)cc1. The van der Waals surface area contributed by atoms with Crippen LogP contribution in [-0.4, -0.2) is 56.0 Å². The third-order valence-corrected chi connectivity index (χ3v) is 5.57. The Morgan fingerprint density at radius 3 is 1.80 bits per heavy atom. The molecule has 0 saturated carbocycles. The maximum atomic E-state index is 12.2. The van der Waals surface area contributed by atoms with Gasteiger partial charge in [-0.05, 0) is 86.6 Å². The number of aliphatic hydroxyl groups is 1. The molecule has 9 heteroatoms. The Hall–Kier alpha value is -4.37. The molecule has 0 bridgehead atoms. The summed E-state index contributed by atoms with van der Waals surface area (Å²) in [6.45, 7) is 8.00. The van der Waals surface area contributed by atoms with Crippen LogP contribution in [0.25, 0.3) is 6.08 Å². The van der Waals surface area contributed by atoms with Crippen molar-refractivity contribution >= 4 is 24.0 Å². The van der Waals surface area contributed by atoms with Gasteiger partial charge in [0.25, 0.3) is 0 Å². The zero-order chi connectivity index (χ0) is 29.7. The fraction of sp³-hybridized carbons (Fsp3) is 0.344. The molecular weight excluding hydrogens is 528 g/mol. The van der Waals surface area contributed by atoms with Crippen LogP contribution in [0.2, 0.25) is 0 Å². The maximum Gasteiger partial charge on any atom is 0.336 e. The van der Waals surface area contributed by atoms with E-state index in [9.17, 15) is 14.4 Å². The first-order valence-corrected chi connectivity index (χ1v) is 13.5. The van der Waals surface area contributed by atoms with Crippen LogP contribution in [0.1, 0.15) is 44.1 Å². The summed E-state index contributed by atoms with van der Waals surface area (Å²) in [7, 11) is 0. The average Bonchev–Trinajstić information content (AvgIpc) is 2.99. The first-order valence-electron chi connectivity index (χ1n) is 13.5. The minimum Gasteiger partial charge on any atom is -0.494 e. The number of carbonyl (C=O) groups is 3. The van der Waals surface area contributed by atoms with Crippen LogP contribution in [0.4, 0.5) is 0 Å². The minimum absolute atomic E-state index is 0.0278. The van der Waals surface area contributed by atoms with Gasteiger partial charge in [0.15, 0.2) is 0 Å². The summed E-state index contributed by atoms with van der Waals surface area (Å²) in [5.41, 5.74) is 0.861. The molecule has 0 amide bonds. The zero-order valence-corrected chi connectivity index (χ0v) is 23.3. The van der Waals surface area contributed by atoms with Crippen molar-refractivity contribution in [3.63, 3.8) is 0 Å². The van der Waals surface area contributed by atoms with E-state index in [1.165, 1.54) is 6.08 Å². The number of rotatable bonds is 20. The van der Waals surface area contributed by atoms with Crippen molar-refractivity contribution < 1.29 is 43.2 Å². The molecule has 0 spiro atoms. The van der Waals surface area contributed by atoms with E-state index in [1.807, 2.05) is 24.3 Å². The van der Waals surface area contributed by atoms with Gasteiger partial charge in [-0.15, -0.1) is 0 Å². The van der Waals surface area contributed by atoms with Gasteiger partial charge in [-0.25, -0.2) is 14.4 Å². The maximum absolute atomic E-state index is 12.2. The van der Waals surface area contributed by atoms with Crippen molar-refractivity contribution in [2.75, 3.05) is 33.0 Å². The number of unbranched alkanes of at least 4 members (excludes halogenated alkanes) is 4. The highest BCUT2D eigenvalue weighted by atomic mass is 16.5. The number of aliphatic hydroxyl groups excluding tert-OH is 1. The van der Waals surface area contributed by atoms with Gasteiger partial charge < -0.3 is 28.8 Å². The molecule has 0 aliphatic carbocycles. The van der Waals surface area contributed by atoms with Crippen LogP contribution < -0.4 is 14.2 Å². The highest BCUT2D eigenvalue weighted by Gasteiger charge is 2.06. The van der Waals surface area contributed by atoms with Crippen LogP contribution in [0.3, 0.4) is 0 Å². The van der Waals surface area contributed by atoms with Crippen LogP contribution in [0, 0.1) is 0 Å². The minimum atomic E-state index is -0.599. The quantitative estimate of drug-likeness (QED) is 0.0995. The molecule has 2 aromatic rings. The fourth-order valence-electron chi connectivity index (χ4n) is 3.30. The predicted octanol–water partition coefficient (Wildman–Crippen LogP) is 5.22. The lowest BCUT2D eigenvalue weighted by molar-refractivity contribution is -0.140. The Morgan fingerprint density at radius 1 is 0.683 bits per heavy atom. The topological polar surface area (TPSA) is 118 Å². The summed E-state index contributed by atoms with van der Waals surface area (Å²) < 4.78 is 26.6. The molecule has 0 radical (unpaired) electrons. The predicted molar refractivity (Wildman–Crippen MR) is 155 cm³/mol. The second-order valence-corrected chi connectivity index (χ2v) is 8.88. The summed E-state index contributed by atoms with van der Waals surface area (Å²) in [6.07, 6.45) is 9.12. The molecule has 0 atom stereocenters. The fourth-order valence-corrected chi connectivity index (χ4v) is 3.30. The van der Waals surface area contributed by atoms with Gasteiger partial charge in [0, 0.05) is 12.2 Å². The number of benzene rings is 2. The van der Waals surface area contributed by atoms with Crippen molar-refractivity contribution in [2.45, 2.75) is 38.5 Å². The second-order valence-electron chi connectivity index (χ2n) is 8.88. The summed E-state index contributed by atoms with van der Waals surface area (Å²) >= 11 is 0. The largest absolute Gasteiger partial charge is 0.494 e. The van der Waals surface area contributed by atoms with E-state index >= 15 is 0 Å². The van der Waals surface area contributed by atoms with Crippen LogP contribution in [0.15, 0.2) is 79.4 Å². The molecule has 2 aromatic carbocycles. The molecule has 41 heavy (non-hydrogen) atoms. The first-order chi connectivity index (χ1) is 19.9. The average molecular weight is 567 g/mol. The molecule has 0 fully saturated rings. The van der Waals surface area contributed by atoms with Crippen molar-refractivity contribution in [3.05, 3.63) is 85.0 Å². The third kappa shape index (κ3) is 14.5. The van der Waals surface area contributed by atoms with E-state index in [1.54, 1.807) is 30.3 Å². The molecule has 0 aliphatic heterocycles. The van der Waals surface area contributed by atoms with E-state index < -0.39 is 24.5 Å². The molecule has 0 unspecified atom stereocenters. The van der Waals surface area contributed by atoms with E-state index in [2.05, 4.69) is 13.2 Å². The number of ether oxygens (including phenoxy) is 5. The van der Waals surface area contributed by atoms with Gasteiger partial charge in [0.1, 0.15) is 17.2 Å². The van der Waals surface area contributed by atoms with Gasteiger partial charge in [-0.2, -0.15) is 0 Å². The van der Waals surface area contributed by atoms with Crippen molar-refractivity contribution in [1.82, 2.24) is 0 Å². The van der Waals surface area contributed by atoms with E-state index in [0.29, 0.717) is 44.2 Å². The highest BCUT2D eigenvalue weighted by Crippen LogP contribution is 2.19. The molecule has 0 aromatic heterocycles. The Labute approximate surface area is 241 Å². The first kappa shape index (κ1) is 32.8. The summed E-state index contributed by atoms with van der Waals surface area (Å²) in [4.78, 5) is 34.5. The number of hydrogen-bond donors (Lipinski definition) is 1. The lowest BCUT2D eigenvalue weighted by Crippen LogP contribution is -2.11. The van der Waals surface area contributed by atoms with Gasteiger partial charge in [0.2, 0.25) is 0 Å². The molecule has 2 rings (SSSR count). The summed E-state index contributed by atoms with van der Waals surface area (Å²) in [6, 6.07) is 14.1. The monoisotopic (exact) mass is 566 g/mol. The van der Waals surface area contributed by atoms with Gasteiger partial charge in [-0.3, -0.25) is 0 Å². The number of hydrogen-bond acceptors (Lipinski definition) is 9. The van der Waals surface area contributed by atoms with E-state index in [-0.39, 0.29) is 12.2 Å². The molecule has 1 N–H and O–H groups in total. The summed E-state index contributed by atoms with van der Waals surface area (Å²) in [5.74, 6) is 0.274. The molecule has 0 heterocycles. The normalized spacial score (nSPS) is 10.6. The smallest absolute Gasteiger partial charge is 0.336 e. The Bertz CT molecular complexity index is 1130. The third-order valence-electron chi connectivity index (χ3n) is 5.57. The van der Waals surface area contributed by atoms with Crippen LogP contribution >= 0.6 is 0 Å². The standard InChI is InChI=1S/C32H38O9/c1-3-30(34)39-22-7-5-4-6-20-37-27-13-10-26(11-14-27)12-19-31(35)41-29-17-15-28(16-18-29)38-21-8-9-23-40-32(36)25(2)24-33/h3,10-19,33H,1-2,4-9,20-24H2/b19-12+. The molecule has 220 valence electrons. The molecule has 0 aliphatic rings. The molecular formula is C32H38O9. The van der Waals surface area contributed by atoms with Crippen LogP contribution in [0.5, 0.6) is 17.2 Å². The van der Waals surface area contributed by atoms with Crippen molar-refractivity contribution in [3.8, 4) is 17.2 Å². The van der Waals surface area contributed by atoms with Crippen LogP contribution in [-0.2, 0) is 23.9 Å². The second kappa shape index (κ2) is 19.7. The Kier molecular flexibility index (Phi) is 15.7. The van der Waals surface area contributed by atoms with Gasteiger partial charge in [0.05, 0.1) is 38.6 Å². The number of carbonyl (C=O) groups excluding carboxylic acids is 3. The summed E-state index contributed by atoms with van der Waals surface area (Å²) in [5, 5.41) is 8.82. The lowest BCUT2D eigenvalue weighted by atomic mass is 10.2. The highest BCUT2D eigenvalue weighted by molar-refractivity contribution is 5.89. The molecule has 0 saturated heterocycles. The Morgan fingerprint density at radius 2 is 1.20 bits per heavy atom.